The number of aromatic nitrogens is 3. The number of anilines is 1. The summed E-state index contributed by atoms with van der Waals surface area (Å²) in [6, 6.07) is 17.7. The molecule has 3 aromatic rings. The molecule has 1 aliphatic rings. The fourth-order valence-electron chi connectivity index (χ4n) is 3.57. The lowest BCUT2D eigenvalue weighted by Gasteiger charge is -2.27. The molecule has 4 rings (SSSR count). The summed E-state index contributed by atoms with van der Waals surface area (Å²) in [6.45, 7) is 5.60. The van der Waals surface area contributed by atoms with Crippen LogP contribution in [0.4, 0.5) is 5.95 Å². The van der Waals surface area contributed by atoms with Gasteiger partial charge in [0.05, 0.1) is 26.4 Å². The van der Waals surface area contributed by atoms with Crippen molar-refractivity contribution in [3.05, 3.63) is 70.0 Å². The maximum Gasteiger partial charge on any atom is 0.226 e. The number of benzene rings is 2. The molecule has 0 radical (unpaired) electrons. The molecule has 7 nitrogen and oxygen atoms in total. The highest BCUT2D eigenvalue weighted by molar-refractivity contribution is 7.71. The third-order valence-electron chi connectivity index (χ3n) is 5.31. The molecule has 0 atom stereocenters. The van der Waals surface area contributed by atoms with Gasteiger partial charge in [-0.3, -0.25) is 9.47 Å². The van der Waals surface area contributed by atoms with Crippen LogP contribution in [0.15, 0.2) is 54.6 Å². The van der Waals surface area contributed by atoms with Gasteiger partial charge in [-0.05, 0) is 49.1 Å². The Morgan fingerprint density at radius 3 is 2.53 bits per heavy atom. The first kappa shape index (κ1) is 22.8. The van der Waals surface area contributed by atoms with E-state index in [2.05, 4.69) is 26.5 Å². The molecule has 9 heteroatoms. The summed E-state index contributed by atoms with van der Waals surface area (Å²) in [5.74, 6) is 1.70. The summed E-state index contributed by atoms with van der Waals surface area (Å²) in [7, 11) is 2.04. The minimum atomic E-state index is 0.562. The molecular formula is C23H28ClN5O2S. The van der Waals surface area contributed by atoms with Crippen molar-refractivity contribution in [3.8, 4) is 5.75 Å². The van der Waals surface area contributed by atoms with Crippen LogP contribution in [-0.4, -0.2) is 65.8 Å². The highest BCUT2D eigenvalue weighted by Crippen LogP contribution is 2.18. The Morgan fingerprint density at radius 1 is 1.09 bits per heavy atom. The molecule has 0 saturated carbocycles. The molecule has 1 fully saturated rings. The van der Waals surface area contributed by atoms with Crippen molar-refractivity contribution in [1.29, 1.82) is 0 Å². The maximum atomic E-state index is 5.93. The van der Waals surface area contributed by atoms with E-state index in [0.29, 0.717) is 42.8 Å². The van der Waals surface area contributed by atoms with E-state index in [0.717, 1.165) is 31.3 Å². The molecule has 0 unspecified atom stereocenters. The maximum absolute atomic E-state index is 5.93. The van der Waals surface area contributed by atoms with E-state index in [9.17, 15) is 0 Å². The Labute approximate surface area is 198 Å². The smallest absolute Gasteiger partial charge is 0.226 e. The summed E-state index contributed by atoms with van der Waals surface area (Å²) in [6.07, 6.45) is 0. The van der Waals surface area contributed by atoms with Crippen molar-refractivity contribution in [2.75, 3.05) is 51.4 Å². The van der Waals surface area contributed by atoms with Gasteiger partial charge in [0.1, 0.15) is 12.4 Å². The SMILES string of the molecule is CN(CCOc1ccc(Cl)cc1)Cn1nc(N2CCOCC2)n(Cc2ccccc2)c1=S. The average Bonchev–Trinajstić information content (AvgIpc) is 3.11. The Hall–Kier alpha value is -2.39. The second-order valence-electron chi connectivity index (χ2n) is 7.78. The average molecular weight is 474 g/mol. The van der Waals surface area contributed by atoms with Crippen LogP contribution in [0, 0.1) is 4.77 Å². The van der Waals surface area contributed by atoms with Crippen LogP contribution in [0.25, 0.3) is 0 Å². The summed E-state index contributed by atoms with van der Waals surface area (Å²) >= 11 is 11.8. The summed E-state index contributed by atoms with van der Waals surface area (Å²) in [5, 5.41) is 5.59. The van der Waals surface area contributed by atoms with Gasteiger partial charge < -0.3 is 14.4 Å². The Balaban J connectivity index is 1.45. The zero-order chi connectivity index (χ0) is 22.3. The van der Waals surface area contributed by atoms with Gasteiger partial charge in [-0.1, -0.05) is 41.9 Å². The minimum absolute atomic E-state index is 0.562. The van der Waals surface area contributed by atoms with Crippen LogP contribution in [0.1, 0.15) is 5.56 Å². The number of hydrogen-bond acceptors (Lipinski definition) is 6. The number of nitrogens with zero attached hydrogens (tertiary/aromatic N) is 5. The molecule has 1 aliphatic heterocycles. The monoisotopic (exact) mass is 473 g/mol. The van der Waals surface area contributed by atoms with Gasteiger partial charge in [-0.25, -0.2) is 4.68 Å². The molecule has 0 N–H and O–H groups in total. The van der Waals surface area contributed by atoms with Crippen molar-refractivity contribution in [1.82, 2.24) is 19.2 Å². The largest absolute Gasteiger partial charge is 0.492 e. The van der Waals surface area contributed by atoms with Crippen molar-refractivity contribution in [2.45, 2.75) is 13.2 Å². The van der Waals surface area contributed by atoms with Gasteiger partial charge >= 0.3 is 0 Å². The first-order valence-electron chi connectivity index (χ1n) is 10.7. The number of hydrogen-bond donors (Lipinski definition) is 0. The zero-order valence-corrected chi connectivity index (χ0v) is 19.8. The van der Waals surface area contributed by atoms with E-state index in [1.54, 1.807) is 0 Å². The molecule has 2 aromatic carbocycles. The Morgan fingerprint density at radius 2 is 1.81 bits per heavy atom. The van der Waals surface area contributed by atoms with Crippen molar-refractivity contribution in [2.24, 2.45) is 0 Å². The normalized spacial score (nSPS) is 14.2. The van der Waals surface area contributed by atoms with Gasteiger partial charge in [-0.15, -0.1) is 5.10 Å². The lowest BCUT2D eigenvalue weighted by molar-refractivity contribution is 0.121. The minimum Gasteiger partial charge on any atom is -0.492 e. The Kier molecular flexibility index (Phi) is 7.81. The summed E-state index contributed by atoms with van der Waals surface area (Å²) < 4.78 is 16.1. The standard InChI is InChI=1S/C23H28ClN5O2S/c1-26(11-16-31-21-9-7-20(24)8-10-21)18-29-23(32)28(17-19-5-3-2-4-6-19)22(25-29)27-12-14-30-15-13-27/h2-10H,11-18H2,1H3. The number of rotatable bonds is 9. The van der Waals surface area contributed by atoms with Crippen LogP contribution in [0.5, 0.6) is 5.75 Å². The molecule has 0 bridgehead atoms. The van der Waals surface area contributed by atoms with E-state index in [1.807, 2.05) is 54.2 Å². The number of morpholine rings is 1. The van der Waals surface area contributed by atoms with Gasteiger partial charge in [0.25, 0.3) is 0 Å². The number of halogens is 1. The zero-order valence-electron chi connectivity index (χ0n) is 18.2. The first-order chi connectivity index (χ1) is 15.6. The van der Waals surface area contributed by atoms with Gasteiger partial charge in [0.2, 0.25) is 10.7 Å². The van der Waals surface area contributed by atoms with Gasteiger partial charge in [0, 0.05) is 24.7 Å². The summed E-state index contributed by atoms with van der Waals surface area (Å²) in [5.41, 5.74) is 1.20. The fraction of sp³-hybridized carbons (Fsp3) is 0.391. The van der Waals surface area contributed by atoms with E-state index >= 15 is 0 Å². The van der Waals surface area contributed by atoms with Gasteiger partial charge in [-0.2, -0.15) is 0 Å². The molecule has 0 aliphatic carbocycles. The second kappa shape index (κ2) is 11.0. The third kappa shape index (κ3) is 5.89. The van der Waals surface area contributed by atoms with Gasteiger partial charge in [0.15, 0.2) is 0 Å². The third-order valence-corrected chi connectivity index (χ3v) is 5.99. The first-order valence-corrected chi connectivity index (χ1v) is 11.5. The van der Waals surface area contributed by atoms with Crippen molar-refractivity contribution < 1.29 is 9.47 Å². The second-order valence-corrected chi connectivity index (χ2v) is 8.58. The van der Waals surface area contributed by atoms with E-state index < -0.39 is 0 Å². The molecular weight excluding hydrogens is 446 g/mol. The highest BCUT2D eigenvalue weighted by atomic mass is 35.5. The van der Waals surface area contributed by atoms with Crippen LogP contribution in [0.3, 0.4) is 0 Å². The predicted molar refractivity (Wildman–Crippen MR) is 129 cm³/mol. The number of ether oxygens (including phenoxy) is 2. The molecule has 1 saturated heterocycles. The van der Waals surface area contributed by atoms with E-state index in [4.69, 9.17) is 38.4 Å². The molecule has 0 amide bonds. The molecule has 170 valence electrons. The van der Waals surface area contributed by atoms with Crippen molar-refractivity contribution in [3.63, 3.8) is 0 Å². The summed E-state index contributed by atoms with van der Waals surface area (Å²) in [4.78, 5) is 4.40. The van der Waals surface area contributed by atoms with Crippen LogP contribution < -0.4 is 9.64 Å². The quantitative estimate of drug-likeness (QED) is 0.439. The van der Waals surface area contributed by atoms with E-state index in [-0.39, 0.29) is 0 Å². The topological polar surface area (TPSA) is 47.7 Å². The van der Waals surface area contributed by atoms with E-state index in [1.165, 1.54) is 5.56 Å². The lowest BCUT2D eigenvalue weighted by atomic mass is 10.2. The molecule has 32 heavy (non-hydrogen) atoms. The fourth-order valence-corrected chi connectivity index (χ4v) is 3.94. The molecule has 2 heterocycles. The highest BCUT2D eigenvalue weighted by Gasteiger charge is 2.20. The Bertz CT molecular complexity index is 1050. The van der Waals surface area contributed by atoms with Crippen LogP contribution >= 0.6 is 23.8 Å². The number of likely N-dealkylation sites (N-methyl/N-ethyl adjacent to an activating group) is 1. The lowest BCUT2D eigenvalue weighted by Crippen LogP contribution is -2.38. The molecule has 1 aromatic heterocycles. The predicted octanol–water partition coefficient (Wildman–Crippen LogP) is 3.92. The van der Waals surface area contributed by atoms with Crippen LogP contribution in [0.2, 0.25) is 5.02 Å². The van der Waals surface area contributed by atoms with Crippen LogP contribution in [-0.2, 0) is 18.0 Å². The molecule has 0 spiro atoms. The van der Waals surface area contributed by atoms with Crippen molar-refractivity contribution >= 4 is 29.8 Å².